The van der Waals surface area contributed by atoms with Crippen molar-refractivity contribution in [2.45, 2.75) is 0 Å². The molecule has 0 atom stereocenters. The first-order chi connectivity index (χ1) is 33.9. The molecule has 0 saturated heterocycles. The average Bonchev–Trinajstić information content (AvgIpc) is 4.17. The van der Waals surface area contributed by atoms with E-state index in [0.29, 0.717) is 5.75 Å². The Morgan fingerprint density at radius 2 is 0.757 bits per heavy atom. The predicted molar refractivity (Wildman–Crippen MR) is 293 cm³/mol. The van der Waals surface area contributed by atoms with Gasteiger partial charge in [-0.2, -0.15) is 49.2 Å². The van der Waals surface area contributed by atoms with Crippen LogP contribution in [0.25, 0.3) is 75.9 Å². The van der Waals surface area contributed by atoms with Crippen molar-refractivity contribution in [3.63, 3.8) is 0 Å². The van der Waals surface area contributed by atoms with Crippen molar-refractivity contribution >= 4 is 66.3 Å². The van der Waals surface area contributed by atoms with Crippen LogP contribution >= 0.6 is 22.7 Å². The van der Waals surface area contributed by atoms with E-state index in [2.05, 4.69) is 129 Å². The molecule has 0 fully saturated rings. The van der Waals surface area contributed by atoms with Crippen molar-refractivity contribution < 1.29 is 41.0 Å². The average molecular weight is 989 g/mol. The van der Waals surface area contributed by atoms with Gasteiger partial charge in [0.05, 0.1) is 55.7 Å². The molecule has 346 valence electrons. The Kier molecular flexibility index (Phi) is 15.8. The van der Waals surface area contributed by atoms with Gasteiger partial charge in [0, 0.05) is 66.2 Å². The summed E-state index contributed by atoms with van der Waals surface area (Å²) in [5.41, 5.74) is 10.6. The molecule has 3 N–H and O–H groups in total. The first kappa shape index (κ1) is 48.9. The summed E-state index contributed by atoms with van der Waals surface area (Å²) >= 11 is 3.24. The van der Waals surface area contributed by atoms with Crippen LogP contribution in [-0.4, -0.2) is 45.0 Å². The molecule has 0 aliphatic rings. The molecule has 4 aromatic heterocycles. The smallest absolute Gasteiger partial charge is 0.263 e. The molecule has 0 saturated carbocycles. The van der Waals surface area contributed by atoms with Gasteiger partial charge >= 0.3 is 0 Å². The van der Waals surface area contributed by atoms with Gasteiger partial charge in [-0.3, -0.25) is 0 Å². The van der Waals surface area contributed by atoms with Gasteiger partial charge in [0.2, 0.25) is 0 Å². The third-order valence-electron chi connectivity index (χ3n) is 11.8. The van der Waals surface area contributed by atoms with E-state index in [1.807, 2.05) is 128 Å². The van der Waals surface area contributed by atoms with Crippen LogP contribution in [0.3, 0.4) is 0 Å². The van der Waals surface area contributed by atoms with E-state index in [4.69, 9.17) is 4.74 Å². The molecular weight excluding hydrogens is 937 g/mol. The maximum atomic E-state index is 11.1. The second-order valence-corrected chi connectivity index (χ2v) is 17.7. The molecule has 0 aliphatic heterocycles. The third-order valence-corrected chi connectivity index (χ3v) is 13.8. The normalized spacial score (nSPS) is 10.6. The monoisotopic (exact) mass is 988 g/mol. The summed E-state index contributed by atoms with van der Waals surface area (Å²) in [5, 5.41) is 20.2. The number of para-hydroxylation sites is 6. The molecule has 4 heterocycles. The molecular formula is C61H52N2O4S2Ti. The molecule has 0 spiro atoms. The first-order valence-corrected chi connectivity index (χ1v) is 24.2. The number of aromatic hydroxyl groups is 3. The summed E-state index contributed by atoms with van der Waals surface area (Å²) in [6.45, 7) is 7.44. The summed E-state index contributed by atoms with van der Waals surface area (Å²) in [7, 11) is 5.35. The van der Waals surface area contributed by atoms with Crippen molar-refractivity contribution in [3.8, 4) is 55.3 Å². The number of rotatable bonds is 7. The van der Waals surface area contributed by atoms with E-state index in [1.54, 1.807) is 36.9 Å². The number of aliphatic hydroxyl groups is 2. The van der Waals surface area contributed by atoms with E-state index in [1.165, 1.54) is 32.6 Å². The van der Waals surface area contributed by atoms with Crippen molar-refractivity contribution in [1.29, 1.82) is 0 Å². The number of hydrogen-bond donors (Lipinski definition) is 1. The maximum absolute atomic E-state index is 11.1. The Morgan fingerprint density at radius 3 is 1.14 bits per heavy atom. The number of benzene rings is 8. The van der Waals surface area contributed by atoms with Gasteiger partial charge in [-0.1, -0.05) is 109 Å². The van der Waals surface area contributed by atoms with Gasteiger partial charge in [-0.25, -0.2) is 0 Å². The van der Waals surface area contributed by atoms with E-state index >= 15 is 0 Å². The molecule has 9 heteroatoms. The van der Waals surface area contributed by atoms with Crippen LogP contribution in [0.2, 0.25) is 0 Å². The van der Waals surface area contributed by atoms with Gasteiger partial charge in [0.25, 0.3) is 11.5 Å². The Labute approximate surface area is 432 Å². The largest absolute Gasteiger partial charge is 0.584 e. The van der Waals surface area contributed by atoms with E-state index in [-0.39, 0.29) is 21.7 Å². The molecule has 0 bridgehead atoms. The number of methoxy groups -OCH3 is 1. The zero-order chi connectivity index (χ0) is 47.7. The van der Waals surface area contributed by atoms with E-state index in [0.717, 1.165) is 71.7 Å². The number of hydrogen-bond acceptors (Lipinski definition) is 4. The minimum absolute atomic E-state index is 0. The standard InChI is InChI=1S/C24H19NO2S.C23H17NO2S.2C7H7.Ti/c1-26-22-14-8-5-11-18(22)24-23(27-2)21(15-28-24)25-19-12-6-3-9-16(19)17-10-4-7-13-20(17)25;1-26-21-13-7-4-10-17(21)23-22(25)20(14-27-23)24-18-11-5-2-8-15(18)16-9-3-6-12-19(16)24;2*1-7-5-3-2-4-6-7;/h3-15H,1-2H3;2-14,25H,1H3;2*2-6H,1H2;/q;;2*-1;/p+2. The molecule has 70 heavy (non-hydrogen) atoms. The number of nitrogens with zero attached hydrogens (tertiary/aromatic N) is 2. The van der Waals surface area contributed by atoms with E-state index < -0.39 is 0 Å². The third kappa shape index (κ3) is 9.95. The second-order valence-electron chi connectivity index (χ2n) is 16.0. The molecule has 0 radical (unpaired) electrons. The Balaban J connectivity index is 0.000000146. The van der Waals surface area contributed by atoms with Crippen LogP contribution in [-0.2, 0) is 21.7 Å². The number of thiophene rings is 2. The van der Waals surface area contributed by atoms with Gasteiger partial charge < -0.3 is 28.5 Å². The zero-order valence-electron chi connectivity index (χ0n) is 39.2. The SMILES string of the molecule is COc1c(-n2c3ccccc3c3ccccc32)csc1-c1ccccc1[OH+]C.C[OH+]c1ccccc1-c1scc(-n2c3ccccc3c3ccccc32)c1O.[CH2-]c1ccccc1.[CH2-]c1ccccc1.[Ti]. The molecule has 12 aromatic rings. The molecule has 6 nitrogen and oxygen atoms in total. The predicted octanol–water partition coefficient (Wildman–Crippen LogP) is 16.2. The fourth-order valence-electron chi connectivity index (χ4n) is 8.61. The van der Waals surface area contributed by atoms with Gasteiger partial charge in [0.15, 0.2) is 25.7 Å². The van der Waals surface area contributed by atoms with Crippen LogP contribution in [0.15, 0.2) is 217 Å². The Bertz CT molecular complexity index is 3490. The number of aromatic nitrogens is 2. The van der Waals surface area contributed by atoms with Gasteiger partial charge in [-0.15, -0.1) is 46.9 Å². The van der Waals surface area contributed by atoms with Crippen LogP contribution in [0.1, 0.15) is 11.1 Å². The fourth-order valence-corrected chi connectivity index (χ4v) is 10.6. The van der Waals surface area contributed by atoms with Crippen LogP contribution in [0.4, 0.5) is 0 Å². The van der Waals surface area contributed by atoms with Gasteiger partial charge in [-0.05, 0) is 36.4 Å². The first-order valence-electron chi connectivity index (χ1n) is 22.5. The van der Waals surface area contributed by atoms with Crippen molar-refractivity contribution in [2.24, 2.45) is 0 Å². The molecule has 8 aromatic carbocycles. The Hall–Kier alpha value is -7.59. The minimum Gasteiger partial charge on any atom is -0.584 e. The molecule has 12 rings (SSSR count). The molecule has 0 amide bonds. The number of fused-ring (bicyclic) bond motifs is 6. The summed E-state index contributed by atoms with van der Waals surface area (Å²) in [6, 6.07) is 69.5. The van der Waals surface area contributed by atoms with Crippen LogP contribution < -0.4 is 4.74 Å². The topological polar surface area (TPSA) is 64.9 Å². The molecule has 0 aliphatic carbocycles. The second kappa shape index (κ2) is 22.7. The van der Waals surface area contributed by atoms with Crippen LogP contribution in [0.5, 0.6) is 23.0 Å². The van der Waals surface area contributed by atoms with Crippen molar-refractivity contribution in [1.82, 2.24) is 9.13 Å². The fraction of sp³-hybridized carbons (Fsp3) is 0.0492. The van der Waals surface area contributed by atoms with Crippen molar-refractivity contribution in [3.05, 3.63) is 242 Å². The quantitative estimate of drug-likeness (QED) is 0.0982. The molecule has 0 unspecified atom stereocenters. The van der Waals surface area contributed by atoms with E-state index in [9.17, 15) is 5.11 Å². The van der Waals surface area contributed by atoms with Crippen molar-refractivity contribution in [2.75, 3.05) is 21.3 Å². The summed E-state index contributed by atoms with van der Waals surface area (Å²) in [4.78, 5) is 1.94. The van der Waals surface area contributed by atoms with Gasteiger partial charge in [0.1, 0.15) is 5.69 Å². The minimum atomic E-state index is 0. The van der Waals surface area contributed by atoms with Crippen LogP contribution in [0, 0.1) is 13.8 Å². The number of ether oxygens (including phenoxy) is 3. The summed E-state index contributed by atoms with van der Waals surface area (Å²) in [5.74, 6) is 3.02. The zero-order valence-corrected chi connectivity index (χ0v) is 42.4. The summed E-state index contributed by atoms with van der Waals surface area (Å²) in [6.07, 6.45) is 0. The Morgan fingerprint density at radius 1 is 0.429 bits per heavy atom. The summed E-state index contributed by atoms with van der Waals surface area (Å²) < 4.78 is 19.2. The maximum Gasteiger partial charge on any atom is 0.263 e.